The van der Waals surface area contributed by atoms with E-state index in [-0.39, 0.29) is 24.8 Å². The maximum atomic E-state index is 11.6. The van der Waals surface area contributed by atoms with E-state index >= 15 is 0 Å². The molecule has 1 atom stereocenters. The van der Waals surface area contributed by atoms with Crippen LogP contribution in [0.2, 0.25) is 0 Å². The van der Waals surface area contributed by atoms with Gasteiger partial charge < -0.3 is 15.4 Å². The zero-order valence-electron chi connectivity index (χ0n) is 10.9. The van der Waals surface area contributed by atoms with Crippen LogP contribution < -0.4 is 15.4 Å². The summed E-state index contributed by atoms with van der Waals surface area (Å²) in [6.07, 6.45) is 0.196. The van der Waals surface area contributed by atoms with Crippen LogP contribution >= 0.6 is 11.6 Å². The van der Waals surface area contributed by atoms with Gasteiger partial charge in [0.1, 0.15) is 11.1 Å². The average Bonchev–Trinajstić information content (AvgIpc) is 2.39. The van der Waals surface area contributed by atoms with Crippen molar-refractivity contribution in [3.05, 3.63) is 24.3 Å². The molecule has 0 unspecified atom stereocenters. The van der Waals surface area contributed by atoms with Crippen LogP contribution in [0, 0.1) is 0 Å². The first-order valence-electron chi connectivity index (χ1n) is 5.88. The number of hydrogen-bond donors (Lipinski definition) is 2. The highest BCUT2D eigenvalue weighted by Crippen LogP contribution is 2.14. The first kappa shape index (κ1) is 15.3. The third-order valence-electron chi connectivity index (χ3n) is 2.39. The topological polar surface area (TPSA) is 67.4 Å². The van der Waals surface area contributed by atoms with E-state index in [9.17, 15) is 9.59 Å². The number of rotatable bonds is 6. The molecule has 6 heteroatoms. The molecule has 0 radical (unpaired) electrons. The molecular formula is C13H17ClN2O3. The minimum atomic E-state index is -0.593. The Morgan fingerprint density at radius 2 is 1.95 bits per heavy atom. The van der Waals surface area contributed by atoms with Gasteiger partial charge in [0.2, 0.25) is 11.8 Å². The van der Waals surface area contributed by atoms with E-state index in [1.165, 1.54) is 0 Å². The highest BCUT2D eigenvalue weighted by atomic mass is 35.5. The zero-order valence-corrected chi connectivity index (χ0v) is 11.7. The lowest BCUT2D eigenvalue weighted by Crippen LogP contribution is -2.32. The largest absolute Gasteiger partial charge is 0.497 e. The van der Waals surface area contributed by atoms with Gasteiger partial charge in [-0.15, -0.1) is 11.6 Å². The summed E-state index contributed by atoms with van der Waals surface area (Å²) in [6.45, 7) is 1.84. The van der Waals surface area contributed by atoms with Crippen molar-refractivity contribution in [1.82, 2.24) is 5.32 Å². The molecule has 5 nitrogen and oxygen atoms in total. The molecule has 1 rings (SSSR count). The number of alkyl halides is 1. The van der Waals surface area contributed by atoms with E-state index in [4.69, 9.17) is 16.3 Å². The molecule has 0 bridgehead atoms. The van der Waals surface area contributed by atoms with Crippen molar-refractivity contribution in [1.29, 1.82) is 0 Å². The van der Waals surface area contributed by atoms with Crippen molar-refractivity contribution < 1.29 is 14.3 Å². The monoisotopic (exact) mass is 284 g/mol. The summed E-state index contributed by atoms with van der Waals surface area (Å²) in [4.78, 5) is 22.8. The zero-order chi connectivity index (χ0) is 14.3. The summed E-state index contributed by atoms with van der Waals surface area (Å²) in [5, 5.41) is 4.69. The van der Waals surface area contributed by atoms with Crippen LogP contribution in [0.4, 0.5) is 5.69 Å². The number of methoxy groups -OCH3 is 1. The molecule has 0 aliphatic rings. The molecule has 19 heavy (non-hydrogen) atoms. The van der Waals surface area contributed by atoms with Gasteiger partial charge in [-0.1, -0.05) is 0 Å². The minimum Gasteiger partial charge on any atom is -0.497 e. The van der Waals surface area contributed by atoms with E-state index in [0.717, 1.165) is 5.75 Å². The van der Waals surface area contributed by atoms with Gasteiger partial charge in [-0.3, -0.25) is 9.59 Å². The Morgan fingerprint density at radius 3 is 2.47 bits per heavy atom. The van der Waals surface area contributed by atoms with E-state index in [2.05, 4.69) is 10.6 Å². The van der Waals surface area contributed by atoms with Gasteiger partial charge in [-0.25, -0.2) is 0 Å². The highest BCUT2D eigenvalue weighted by molar-refractivity contribution is 6.30. The Labute approximate surface area is 117 Å². The van der Waals surface area contributed by atoms with Gasteiger partial charge >= 0.3 is 0 Å². The lowest BCUT2D eigenvalue weighted by molar-refractivity contribution is -0.120. The normalized spacial score (nSPS) is 11.5. The molecule has 0 aliphatic heterocycles. The Kier molecular flexibility index (Phi) is 6.15. The molecule has 0 aliphatic carbocycles. The summed E-state index contributed by atoms with van der Waals surface area (Å²) in [5.41, 5.74) is 0.683. The van der Waals surface area contributed by atoms with Crippen molar-refractivity contribution >= 4 is 29.1 Å². The standard InChI is InChI=1S/C13H17ClN2O3/c1-9(14)13(18)15-8-7-12(17)16-10-3-5-11(19-2)6-4-10/h3-6,9H,7-8H2,1-2H3,(H,15,18)(H,16,17)/t9-/m1/s1. The van der Waals surface area contributed by atoms with Crippen LogP contribution in [-0.2, 0) is 9.59 Å². The first-order chi connectivity index (χ1) is 9.02. The fourth-order valence-corrected chi connectivity index (χ4v) is 1.41. The van der Waals surface area contributed by atoms with E-state index in [1.807, 2.05) is 0 Å². The number of halogens is 1. The van der Waals surface area contributed by atoms with Crippen LogP contribution in [0.1, 0.15) is 13.3 Å². The third-order valence-corrected chi connectivity index (χ3v) is 2.58. The van der Waals surface area contributed by atoms with Crippen LogP contribution in [0.3, 0.4) is 0 Å². The van der Waals surface area contributed by atoms with Gasteiger partial charge in [0.05, 0.1) is 7.11 Å². The summed E-state index contributed by atoms with van der Waals surface area (Å²) in [6, 6.07) is 7.01. The molecule has 1 aromatic carbocycles. The fraction of sp³-hybridized carbons (Fsp3) is 0.385. The number of nitrogens with one attached hydrogen (secondary N) is 2. The van der Waals surface area contributed by atoms with Gasteiger partial charge in [-0.2, -0.15) is 0 Å². The number of benzene rings is 1. The van der Waals surface area contributed by atoms with E-state index in [1.54, 1.807) is 38.3 Å². The van der Waals surface area contributed by atoms with E-state index in [0.29, 0.717) is 5.69 Å². The van der Waals surface area contributed by atoms with Crippen molar-refractivity contribution in [2.75, 3.05) is 19.0 Å². The quantitative estimate of drug-likeness (QED) is 0.782. The number of hydrogen-bond acceptors (Lipinski definition) is 3. The molecular weight excluding hydrogens is 268 g/mol. The maximum absolute atomic E-state index is 11.6. The van der Waals surface area contributed by atoms with Crippen molar-refractivity contribution in [3.8, 4) is 5.75 Å². The summed E-state index contributed by atoms with van der Waals surface area (Å²) < 4.78 is 5.02. The smallest absolute Gasteiger partial charge is 0.237 e. The molecule has 0 spiro atoms. The SMILES string of the molecule is COc1ccc(NC(=O)CCNC(=O)[C@@H](C)Cl)cc1. The average molecular weight is 285 g/mol. The summed E-state index contributed by atoms with van der Waals surface area (Å²) in [5.74, 6) is 0.271. The lowest BCUT2D eigenvalue weighted by Gasteiger charge is -2.08. The van der Waals surface area contributed by atoms with Crippen molar-refractivity contribution in [3.63, 3.8) is 0 Å². The minimum absolute atomic E-state index is 0.173. The molecule has 0 fully saturated rings. The van der Waals surface area contributed by atoms with E-state index < -0.39 is 5.38 Å². The summed E-state index contributed by atoms with van der Waals surface area (Å²) >= 11 is 5.58. The van der Waals surface area contributed by atoms with Gasteiger partial charge in [0, 0.05) is 18.7 Å². The predicted molar refractivity (Wildman–Crippen MR) is 74.6 cm³/mol. The Morgan fingerprint density at radius 1 is 1.32 bits per heavy atom. The molecule has 0 aromatic heterocycles. The van der Waals surface area contributed by atoms with Crippen LogP contribution in [0.5, 0.6) is 5.75 Å². The molecule has 1 aromatic rings. The van der Waals surface area contributed by atoms with Crippen LogP contribution in [0.25, 0.3) is 0 Å². The Bertz CT molecular complexity index is 432. The number of carbonyl (C=O) groups is 2. The number of amides is 2. The number of carbonyl (C=O) groups excluding carboxylic acids is 2. The second-order valence-electron chi connectivity index (χ2n) is 3.93. The maximum Gasteiger partial charge on any atom is 0.237 e. The molecule has 0 saturated heterocycles. The second-order valence-corrected chi connectivity index (χ2v) is 4.59. The molecule has 0 saturated carbocycles. The Hall–Kier alpha value is -1.75. The predicted octanol–water partition coefficient (Wildman–Crippen LogP) is 1.77. The first-order valence-corrected chi connectivity index (χ1v) is 6.32. The Balaban J connectivity index is 2.32. The molecule has 104 valence electrons. The lowest BCUT2D eigenvalue weighted by atomic mass is 10.3. The number of ether oxygens (including phenoxy) is 1. The van der Waals surface area contributed by atoms with Gasteiger partial charge in [0.15, 0.2) is 0 Å². The van der Waals surface area contributed by atoms with Crippen LogP contribution in [-0.4, -0.2) is 30.8 Å². The third kappa shape index (κ3) is 5.61. The number of anilines is 1. The summed E-state index contributed by atoms with van der Waals surface area (Å²) in [7, 11) is 1.58. The molecule has 2 amide bonds. The fourth-order valence-electron chi connectivity index (χ4n) is 1.34. The van der Waals surface area contributed by atoms with Crippen molar-refractivity contribution in [2.24, 2.45) is 0 Å². The van der Waals surface area contributed by atoms with Gasteiger partial charge in [-0.05, 0) is 31.2 Å². The van der Waals surface area contributed by atoms with Crippen molar-refractivity contribution in [2.45, 2.75) is 18.7 Å². The van der Waals surface area contributed by atoms with Gasteiger partial charge in [0.25, 0.3) is 0 Å². The molecule has 2 N–H and O–H groups in total. The molecule has 0 heterocycles. The second kappa shape index (κ2) is 7.63. The highest BCUT2D eigenvalue weighted by Gasteiger charge is 2.09. The van der Waals surface area contributed by atoms with Crippen LogP contribution in [0.15, 0.2) is 24.3 Å².